The molecule has 3 aromatic carbocycles. The van der Waals surface area contributed by atoms with Gasteiger partial charge in [0.05, 0.1) is 20.1 Å². The van der Waals surface area contributed by atoms with Crippen molar-refractivity contribution >= 4 is 52.0 Å². The molecule has 4 atom stereocenters. The fourth-order valence-corrected chi connectivity index (χ4v) is 8.74. The van der Waals surface area contributed by atoms with Gasteiger partial charge >= 0.3 is 0 Å². The second-order valence-corrected chi connectivity index (χ2v) is 12.0. The van der Waals surface area contributed by atoms with Crippen LogP contribution in [0.1, 0.15) is 59.9 Å². The van der Waals surface area contributed by atoms with Crippen LogP contribution < -0.4 is 0 Å². The standard InChI is InChI=1S/C29H20ClNO4S2/c30-24-20-15-21(27(24)36-19-13-11-18(12-14-19)31(34)35)23-22(20)28(25(32)16-7-3-1-4-8-16)37-29(23)26(33)17-9-5-2-6-10-17/h1-14,20-21,24,27H,15H2/t20-,21+,24+,27+/m1/s1. The highest BCUT2D eigenvalue weighted by molar-refractivity contribution is 8.00. The number of benzene rings is 3. The van der Waals surface area contributed by atoms with Crippen molar-refractivity contribution in [2.75, 3.05) is 0 Å². The Hall–Kier alpha value is -3.26. The van der Waals surface area contributed by atoms with Gasteiger partial charge in [0.15, 0.2) is 0 Å². The normalized spacial score (nSPS) is 21.5. The number of fused-ring (bicyclic) bond motifs is 5. The second-order valence-electron chi connectivity index (χ2n) is 9.20. The average Bonchev–Trinajstić information content (AvgIpc) is 3.60. The maximum Gasteiger partial charge on any atom is 0.269 e. The molecule has 5 nitrogen and oxygen atoms in total. The molecule has 1 saturated carbocycles. The minimum atomic E-state index is -0.416. The molecule has 2 aliphatic rings. The largest absolute Gasteiger partial charge is 0.288 e. The number of nitrogens with zero attached hydrogens (tertiary/aromatic N) is 1. The number of thioether (sulfide) groups is 1. The van der Waals surface area contributed by atoms with Crippen molar-refractivity contribution < 1.29 is 14.5 Å². The summed E-state index contributed by atoms with van der Waals surface area (Å²) >= 11 is 9.92. The van der Waals surface area contributed by atoms with Gasteiger partial charge in [0, 0.05) is 45.2 Å². The van der Waals surface area contributed by atoms with Gasteiger partial charge in [-0.1, -0.05) is 60.7 Å². The number of carbonyl (C=O) groups is 2. The Kier molecular flexibility index (Phi) is 6.23. The van der Waals surface area contributed by atoms with Crippen LogP contribution in [0.15, 0.2) is 89.8 Å². The van der Waals surface area contributed by atoms with E-state index in [2.05, 4.69) is 0 Å². The third-order valence-corrected chi connectivity index (χ3v) is 10.5. The van der Waals surface area contributed by atoms with Gasteiger partial charge in [-0.15, -0.1) is 34.7 Å². The maximum atomic E-state index is 13.7. The summed E-state index contributed by atoms with van der Waals surface area (Å²) in [6, 6.07) is 24.8. The van der Waals surface area contributed by atoms with Gasteiger partial charge in [-0.2, -0.15) is 0 Å². The quantitative estimate of drug-likeness (QED) is 0.104. The van der Waals surface area contributed by atoms with E-state index in [0.717, 1.165) is 22.4 Å². The van der Waals surface area contributed by atoms with Gasteiger partial charge in [0.1, 0.15) is 0 Å². The number of ketones is 2. The predicted octanol–water partition coefficient (Wildman–Crippen LogP) is 7.47. The number of hydrogen-bond acceptors (Lipinski definition) is 6. The summed E-state index contributed by atoms with van der Waals surface area (Å²) in [5, 5.41) is 10.8. The molecule has 0 saturated heterocycles. The highest BCUT2D eigenvalue weighted by Crippen LogP contribution is 2.63. The second kappa shape index (κ2) is 9.56. The molecule has 6 rings (SSSR count). The number of nitro groups is 1. The molecular formula is C29H20ClNO4S2. The molecule has 37 heavy (non-hydrogen) atoms. The van der Waals surface area contributed by atoms with Crippen LogP contribution in [0.2, 0.25) is 0 Å². The first-order chi connectivity index (χ1) is 17.9. The number of nitro benzene ring substituents is 1. The zero-order valence-electron chi connectivity index (χ0n) is 19.4. The Bertz CT molecular complexity index is 1520. The molecule has 1 fully saturated rings. The summed E-state index contributed by atoms with van der Waals surface area (Å²) in [5.41, 5.74) is 3.12. The first kappa shape index (κ1) is 24.1. The highest BCUT2D eigenvalue weighted by atomic mass is 35.5. The van der Waals surface area contributed by atoms with E-state index in [1.165, 1.54) is 23.5 Å². The third-order valence-electron chi connectivity index (χ3n) is 7.13. The molecule has 0 unspecified atom stereocenters. The van der Waals surface area contributed by atoms with Gasteiger partial charge in [-0.3, -0.25) is 19.7 Å². The molecule has 1 heterocycles. The van der Waals surface area contributed by atoms with Crippen LogP contribution in [0.4, 0.5) is 5.69 Å². The van der Waals surface area contributed by atoms with Gasteiger partial charge in [-0.05, 0) is 29.7 Å². The van der Waals surface area contributed by atoms with Crippen molar-refractivity contribution in [2.45, 2.75) is 33.8 Å². The van der Waals surface area contributed by atoms with Crippen molar-refractivity contribution in [3.8, 4) is 0 Å². The van der Waals surface area contributed by atoms with E-state index < -0.39 is 4.92 Å². The molecule has 2 bridgehead atoms. The van der Waals surface area contributed by atoms with Crippen LogP contribution in [0.5, 0.6) is 0 Å². The van der Waals surface area contributed by atoms with E-state index in [0.29, 0.717) is 20.9 Å². The zero-order chi connectivity index (χ0) is 25.7. The molecule has 0 spiro atoms. The molecule has 8 heteroatoms. The van der Waals surface area contributed by atoms with Crippen molar-refractivity contribution in [1.29, 1.82) is 0 Å². The smallest absolute Gasteiger partial charge is 0.269 e. The summed E-state index contributed by atoms with van der Waals surface area (Å²) in [7, 11) is 0. The van der Waals surface area contributed by atoms with E-state index in [4.69, 9.17) is 11.6 Å². The Labute approximate surface area is 226 Å². The van der Waals surface area contributed by atoms with Crippen molar-refractivity contribution in [3.63, 3.8) is 0 Å². The van der Waals surface area contributed by atoms with Gasteiger partial charge in [-0.25, -0.2) is 0 Å². The van der Waals surface area contributed by atoms with E-state index in [9.17, 15) is 19.7 Å². The Balaban J connectivity index is 1.42. The Morgan fingerprint density at radius 1 is 0.811 bits per heavy atom. The topological polar surface area (TPSA) is 77.3 Å². The highest BCUT2D eigenvalue weighted by Gasteiger charge is 2.54. The molecule has 0 radical (unpaired) electrons. The summed E-state index contributed by atoms with van der Waals surface area (Å²) < 4.78 is 0. The third kappa shape index (κ3) is 4.11. The molecule has 0 N–H and O–H groups in total. The minimum Gasteiger partial charge on any atom is -0.288 e. The van der Waals surface area contributed by atoms with E-state index in [-0.39, 0.29) is 39.7 Å². The van der Waals surface area contributed by atoms with E-state index >= 15 is 0 Å². The van der Waals surface area contributed by atoms with E-state index in [1.807, 2.05) is 36.4 Å². The summed E-state index contributed by atoms with van der Waals surface area (Å²) in [5.74, 6) is -0.177. The number of halogens is 1. The van der Waals surface area contributed by atoms with Gasteiger partial charge in [0.25, 0.3) is 5.69 Å². The number of carbonyl (C=O) groups excluding carboxylic acids is 2. The Morgan fingerprint density at radius 2 is 1.32 bits per heavy atom. The molecule has 2 aliphatic carbocycles. The fourth-order valence-electron chi connectivity index (χ4n) is 5.47. The first-order valence-electron chi connectivity index (χ1n) is 11.8. The molecule has 0 amide bonds. The number of rotatable bonds is 7. The zero-order valence-corrected chi connectivity index (χ0v) is 21.8. The molecular weight excluding hydrogens is 526 g/mol. The lowest BCUT2D eigenvalue weighted by Gasteiger charge is -2.28. The van der Waals surface area contributed by atoms with Crippen molar-refractivity contribution in [1.82, 2.24) is 0 Å². The van der Waals surface area contributed by atoms with Crippen LogP contribution in [-0.2, 0) is 0 Å². The summed E-state index contributed by atoms with van der Waals surface area (Å²) in [6.45, 7) is 0. The summed E-state index contributed by atoms with van der Waals surface area (Å²) in [6.07, 6.45) is 0.779. The number of alkyl halides is 1. The summed E-state index contributed by atoms with van der Waals surface area (Å²) in [4.78, 5) is 40.1. The lowest BCUT2D eigenvalue weighted by Crippen LogP contribution is -2.25. The van der Waals surface area contributed by atoms with Crippen LogP contribution >= 0.6 is 34.7 Å². The monoisotopic (exact) mass is 545 g/mol. The lowest BCUT2D eigenvalue weighted by molar-refractivity contribution is -0.384. The van der Waals surface area contributed by atoms with Crippen molar-refractivity contribution in [3.05, 3.63) is 127 Å². The SMILES string of the molecule is O=C(c1ccccc1)c1sc(C(=O)c2ccccc2)c2c1[C@H]1C[C@@H]2[C@H](Sc2ccc([N+](=O)[O-])cc2)[C@H]1Cl. The van der Waals surface area contributed by atoms with Crippen LogP contribution in [0.3, 0.4) is 0 Å². The lowest BCUT2D eigenvalue weighted by atomic mass is 9.88. The Morgan fingerprint density at radius 3 is 1.84 bits per heavy atom. The van der Waals surface area contributed by atoms with Crippen LogP contribution in [-0.4, -0.2) is 27.1 Å². The number of hydrogen-bond donors (Lipinski definition) is 0. The average molecular weight is 546 g/mol. The number of thiophene rings is 1. The maximum absolute atomic E-state index is 13.7. The molecule has 184 valence electrons. The molecule has 4 aromatic rings. The van der Waals surface area contributed by atoms with Crippen LogP contribution in [0.25, 0.3) is 0 Å². The van der Waals surface area contributed by atoms with Crippen LogP contribution in [0, 0.1) is 10.1 Å². The van der Waals surface area contributed by atoms with E-state index in [1.54, 1.807) is 48.2 Å². The molecule has 1 aromatic heterocycles. The minimum absolute atomic E-state index is 0.0129. The van der Waals surface area contributed by atoms with Gasteiger partial charge < -0.3 is 0 Å². The molecule has 0 aliphatic heterocycles. The predicted molar refractivity (Wildman–Crippen MR) is 147 cm³/mol. The van der Waals surface area contributed by atoms with Gasteiger partial charge in [0.2, 0.25) is 11.6 Å². The first-order valence-corrected chi connectivity index (χ1v) is 14.0. The fraction of sp³-hybridized carbons (Fsp3) is 0.172. The number of non-ortho nitro benzene ring substituents is 1. The van der Waals surface area contributed by atoms with Crippen molar-refractivity contribution in [2.24, 2.45) is 0 Å².